The summed E-state index contributed by atoms with van der Waals surface area (Å²) in [5.41, 5.74) is 9.20. The summed E-state index contributed by atoms with van der Waals surface area (Å²) in [6.07, 6.45) is 4.35. The highest BCUT2D eigenvalue weighted by Gasteiger charge is 2.21. The van der Waals surface area contributed by atoms with Crippen LogP contribution in [0.4, 0.5) is 0 Å². The highest BCUT2D eigenvalue weighted by Crippen LogP contribution is 2.19. The Morgan fingerprint density at radius 3 is 3.06 bits per heavy atom. The molecule has 8 heteroatoms. The molecule has 0 radical (unpaired) electrons. The number of nitrogens with zero attached hydrogens (tertiary/aromatic N) is 6. The Kier molecular flexibility index (Phi) is 3.73. The number of fused-ring (bicyclic) bond motifs is 1. The minimum Gasteiger partial charge on any atom is -0.390 e. The maximum absolute atomic E-state index is 10.0. The predicted octanol–water partition coefficient (Wildman–Crippen LogP) is 0.824. The van der Waals surface area contributed by atoms with Crippen molar-refractivity contribution in [1.29, 1.82) is 0 Å². The van der Waals surface area contributed by atoms with Crippen molar-refractivity contribution in [2.45, 2.75) is 18.6 Å². The number of hydrogen-bond donors (Lipinski definition) is 2. The lowest BCUT2D eigenvalue weighted by atomic mass is 10.1. The summed E-state index contributed by atoms with van der Waals surface area (Å²) >= 11 is 0. The molecule has 0 aliphatic heterocycles. The second-order valence-corrected chi connectivity index (χ2v) is 3.74. The van der Waals surface area contributed by atoms with Crippen LogP contribution < -0.4 is 0 Å². The predicted molar refractivity (Wildman–Crippen MR) is 62.6 cm³/mol. The molecule has 2 aromatic rings. The van der Waals surface area contributed by atoms with Crippen LogP contribution in [0.5, 0.6) is 0 Å². The third-order valence-corrected chi connectivity index (χ3v) is 2.60. The van der Waals surface area contributed by atoms with E-state index >= 15 is 0 Å². The van der Waals surface area contributed by atoms with Gasteiger partial charge in [-0.15, -0.1) is 0 Å². The first kappa shape index (κ1) is 12.3. The van der Waals surface area contributed by atoms with Crippen molar-refractivity contribution in [2.24, 2.45) is 5.11 Å². The highest BCUT2D eigenvalue weighted by atomic mass is 16.3. The second-order valence-electron chi connectivity index (χ2n) is 3.74. The van der Waals surface area contributed by atoms with Crippen LogP contribution in [0.3, 0.4) is 0 Å². The molecule has 0 saturated carbocycles. The molecule has 0 aliphatic carbocycles. The molecule has 8 nitrogen and oxygen atoms in total. The van der Waals surface area contributed by atoms with Gasteiger partial charge in [0.2, 0.25) is 0 Å². The Balaban J connectivity index is 2.17. The fourth-order valence-electron chi connectivity index (χ4n) is 1.67. The SMILES string of the molecule is [N-]=[N+]=NCCC(O)C(O)c1cnc2cnccn12. The van der Waals surface area contributed by atoms with E-state index in [0.717, 1.165) is 0 Å². The Morgan fingerprint density at radius 1 is 1.44 bits per heavy atom. The first-order valence-corrected chi connectivity index (χ1v) is 5.38. The first-order valence-electron chi connectivity index (χ1n) is 5.38. The van der Waals surface area contributed by atoms with Crippen molar-refractivity contribution in [3.8, 4) is 0 Å². The second kappa shape index (κ2) is 5.46. The van der Waals surface area contributed by atoms with E-state index in [2.05, 4.69) is 20.0 Å². The van der Waals surface area contributed by atoms with Gasteiger partial charge >= 0.3 is 0 Å². The Bertz CT molecular complexity index is 577. The van der Waals surface area contributed by atoms with Gasteiger partial charge in [-0.1, -0.05) is 5.11 Å². The Hall–Kier alpha value is -2.15. The van der Waals surface area contributed by atoms with Gasteiger partial charge in [-0.2, -0.15) is 0 Å². The van der Waals surface area contributed by atoms with Gasteiger partial charge in [-0.3, -0.25) is 9.38 Å². The monoisotopic (exact) mass is 248 g/mol. The first-order chi connectivity index (χ1) is 8.74. The number of hydrogen-bond acceptors (Lipinski definition) is 5. The van der Waals surface area contributed by atoms with E-state index in [0.29, 0.717) is 11.3 Å². The minimum atomic E-state index is -1.09. The van der Waals surface area contributed by atoms with Crippen molar-refractivity contribution in [1.82, 2.24) is 14.4 Å². The third kappa shape index (κ3) is 2.40. The van der Waals surface area contributed by atoms with Gasteiger partial charge in [0.15, 0.2) is 5.65 Å². The summed E-state index contributed by atoms with van der Waals surface area (Å²) in [7, 11) is 0. The maximum atomic E-state index is 10.0. The van der Waals surface area contributed by atoms with Crippen molar-refractivity contribution in [2.75, 3.05) is 6.54 Å². The topological polar surface area (TPSA) is 119 Å². The fraction of sp³-hybridized carbons (Fsp3) is 0.400. The fourth-order valence-corrected chi connectivity index (χ4v) is 1.67. The van der Waals surface area contributed by atoms with E-state index in [9.17, 15) is 10.2 Å². The lowest BCUT2D eigenvalue weighted by Gasteiger charge is -2.16. The van der Waals surface area contributed by atoms with E-state index in [4.69, 9.17) is 5.53 Å². The van der Waals surface area contributed by atoms with Crippen LogP contribution in [-0.4, -0.2) is 37.2 Å². The molecule has 2 aromatic heterocycles. The van der Waals surface area contributed by atoms with Crippen molar-refractivity contribution in [3.63, 3.8) is 0 Å². The van der Waals surface area contributed by atoms with E-state index in [-0.39, 0.29) is 13.0 Å². The van der Waals surface area contributed by atoms with Gasteiger partial charge in [0, 0.05) is 23.9 Å². The molecule has 0 aromatic carbocycles. The van der Waals surface area contributed by atoms with Crippen LogP contribution in [0.1, 0.15) is 18.2 Å². The number of aliphatic hydroxyl groups is 2. The Morgan fingerprint density at radius 2 is 2.28 bits per heavy atom. The van der Waals surface area contributed by atoms with E-state index in [1.807, 2.05) is 0 Å². The van der Waals surface area contributed by atoms with Crippen LogP contribution in [-0.2, 0) is 0 Å². The number of azide groups is 1. The number of aromatic nitrogens is 3. The van der Waals surface area contributed by atoms with Crippen molar-refractivity contribution < 1.29 is 10.2 Å². The smallest absolute Gasteiger partial charge is 0.155 e. The molecule has 0 spiro atoms. The summed E-state index contributed by atoms with van der Waals surface area (Å²) in [4.78, 5) is 10.6. The van der Waals surface area contributed by atoms with Crippen LogP contribution in [0.2, 0.25) is 0 Å². The molecule has 94 valence electrons. The average Bonchev–Trinajstić information content (AvgIpc) is 2.82. The normalized spacial score (nSPS) is 14.1. The summed E-state index contributed by atoms with van der Waals surface area (Å²) in [6.45, 7) is 0.132. The van der Waals surface area contributed by atoms with Gasteiger partial charge in [-0.25, -0.2) is 4.98 Å². The molecule has 0 fully saturated rings. The third-order valence-electron chi connectivity index (χ3n) is 2.60. The molecule has 0 bridgehead atoms. The van der Waals surface area contributed by atoms with Gasteiger partial charge in [-0.05, 0) is 12.0 Å². The summed E-state index contributed by atoms with van der Waals surface area (Å²) in [6, 6.07) is 0. The van der Waals surface area contributed by atoms with Crippen LogP contribution in [0.15, 0.2) is 29.9 Å². The summed E-state index contributed by atoms with van der Waals surface area (Å²) < 4.78 is 1.65. The highest BCUT2D eigenvalue weighted by molar-refractivity contribution is 5.37. The van der Waals surface area contributed by atoms with Crippen LogP contribution >= 0.6 is 0 Å². The van der Waals surface area contributed by atoms with E-state index in [1.54, 1.807) is 23.0 Å². The zero-order chi connectivity index (χ0) is 13.0. The maximum Gasteiger partial charge on any atom is 0.155 e. The standard InChI is InChI=1S/C10H12N6O2/c11-15-14-2-1-8(17)10(18)7-5-13-9-6-12-3-4-16(7)9/h3-6,8,10,17-18H,1-2H2. The van der Waals surface area contributed by atoms with Crippen LogP contribution in [0.25, 0.3) is 16.1 Å². The molecule has 0 aliphatic rings. The largest absolute Gasteiger partial charge is 0.390 e. The van der Waals surface area contributed by atoms with Gasteiger partial charge in [0.1, 0.15) is 6.10 Å². The zero-order valence-corrected chi connectivity index (χ0v) is 9.46. The lowest BCUT2D eigenvalue weighted by Crippen LogP contribution is -2.20. The summed E-state index contributed by atoms with van der Waals surface area (Å²) in [5.74, 6) is 0. The molecule has 2 heterocycles. The van der Waals surface area contributed by atoms with Gasteiger partial charge in [0.25, 0.3) is 0 Å². The molecule has 2 rings (SSSR count). The molecule has 2 atom stereocenters. The molecule has 2 unspecified atom stereocenters. The number of aliphatic hydroxyl groups excluding tert-OH is 2. The van der Waals surface area contributed by atoms with Crippen LogP contribution in [0, 0.1) is 0 Å². The van der Waals surface area contributed by atoms with Crippen molar-refractivity contribution in [3.05, 3.63) is 40.9 Å². The minimum absolute atomic E-state index is 0.132. The quantitative estimate of drug-likeness (QED) is 0.462. The van der Waals surface area contributed by atoms with E-state index in [1.165, 1.54) is 6.20 Å². The number of imidazole rings is 1. The molecule has 2 N–H and O–H groups in total. The number of rotatable bonds is 5. The average molecular weight is 248 g/mol. The van der Waals surface area contributed by atoms with Gasteiger partial charge < -0.3 is 10.2 Å². The molecular weight excluding hydrogens is 236 g/mol. The van der Waals surface area contributed by atoms with Crippen molar-refractivity contribution >= 4 is 5.65 Å². The Labute approximate surface area is 102 Å². The zero-order valence-electron chi connectivity index (χ0n) is 9.46. The molecule has 18 heavy (non-hydrogen) atoms. The molecule has 0 amide bonds. The lowest BCUT2D eigenvalue weighted by molar-refractivity contribution is 0.0120. The molecule has 0 saturated heterocycles. The van der Waals surface area contributed by atoms with Gasteiger partial charge in [0.05, 0.1) is 24.2 Å². The van der Waals surface area contributed by atoms with E-state index < -0.39 is 12.2 Å². The summed E-state index contributed by atoms with van der Waals surface area (Å²) in [5, 5.41) is 23.1. The molecular formula is C10H12N6O2.